The summed E-state index contributed by atoms with van der Waals surface area (Å²) in [5, 5.41) is 3.27. The lowest BCUT2D eigenvalue weighted by molar-refractivity contribution is 0.386. The largest absolute Gasteiger partial charge is 0.494 e. The zero-order chi connectivity index (χ0) is 11.3. The van der Waals surface area contributed by atoms with Gasteiger partial charge in [-0.05, 0) is 25.0 Å². The molecule has 0 radical (unpaired) electrons. The minimum absolute atomic E-state index is 0.282. The standard InChI is InChI=1S/C12H18FNO/c1-4-9(5-2)14-10-6-7-12(15-3)11(13)8-10/h6-9,14H,4-5H2,1-3H3. The molecule has 0 amide bonds. The average molecular weight is 211 g/mol. The number of anilines is 1. The zero-order valence-electron chi connectivity index (χ0n) is 9.51. The Kier molecular flexibility index (Phi) is 4.40. The second-order valence-electron chi connectivity index (χ2n) is 3.51. The summed E-state index contributed by atoms with van der Waals surface area (Å²) in [4.78, 5) is 0. The van der Waals surface area contributed by atoms with Gasteiger partial charge in [-0.2, -0.15) is 0 Å². The van der Waals surface area contributed by atoms with Gasteiger partial charge >= 0.3 is 0 Å². The van der Waals surface area contributed by atoms with Crippen LogP contribution in [-0.4, -0.2) is 13.2 Å². The molecule has 1 rings (SSSR count). The molecule has 3 heteroatoms. The molecule has 0 spiro atoms. The Morgan fingerprint density at radius 3 is 2.47 bits per heavy atom. The Hall–Kier alpha value is -1.25. The SMILES string of the molecule is CCC(CC)Nc1ccc(OC)c(F)c1. The summed E-state index contributed by atoms with van der Waals surface area (Å²) in [6.45, 7) is 4.22. The molecule has 0 fully saturated rings. The van der Waals surface area contributed by atoms with Crippen LogP contribution in [0.3, 0.4) is 0 Å². The Morgan fingerprint density at radius 1 is 1.33 bits per heavy atom. The fraction of sp³-hybridized carbons (Fsp3) is 0.500. The van der Waals surface area contributed by atoms with Gasteiger partial charge in [0.15, 0.2) is 11.6 Å². The Morgan fingerprint density at radius 2 is 2.00 bits per heavy atom. The van der Waals surface area contributed by atoms with E-state index in [4.69, 9.17) is 4.74 Å². The van der Waals surface area contributed by atoms with Crippen molar-refractivity contribution in [3.63, 3.8) is 0 Å². The molecule has 0 heterocycles. The van der Waals surface area contributed by atoms with Crippen LogP contribution < -0.4 is 10.1 Å². The van der Waals surface area contributed by atoms with Gasteiger partial charge in [-0.1, -0.05) is 13.8 Å². The maximum absolute atomic E-state index is 13.3. The average Bonchev–Trinajstić information content (AvgIpc) is 2.26. The van der Waals surface area contributed by atoms with Crippen LogP contribution in [0.4, 0.5) is 10.1 Å². The third kappa shape index (κ3) is 3.11. The van der Waals surface area contributed by atoms with Crippen LogP contribution in [0.1, 0.15) is 26.7 Å². The maximum atomic E-state index is 13.3. The quantitative estimate of drug-likeness (QED) is 0.805. The van der Waals surface area contributed by atoms with Crippen LogP contribution in [0.2, 0.25) is 0 Å². The Bertz CT molecular complexity index is 310. The van der Waals surface area contributed by atoms with Crippen molar-refractivity contribution in [3.8, 4) is 5.75 Å². The normalized spacial score (nSPS) is 10.5. The highest BCUT2D eigenvalue weighted by Crippen LogP contribution is 2.21. The molecule has 0 aliphatic heterocycles. The van der Waals surface area contributed by atoms with Gasteiger partial charge in [0.25, 0.3) is 0 Å². The lowest BCUT2D eigenvalue weighted by Gasteiger charge is -2.16. The Balaban J connectivity index is 2.74. The summed E-state index contributed by atoms with van der Waals surface area (Å²) < 4.78 is 18.2. The highest BCUT2D eigenvalue weighted by Gasteiger charge is 2.06. The number of nitrogens with one attached hydrogen (secondary N) is 1. The molecule has 0 saturated heterocycles. The minimum atomic E-state index is -0.326. The number of halogens is 1. The van der Waals surface area contributed by atoms with Crippen molar-refractivity contribution in [1.82, 2.24) is 0 Å². The number of ether oxygens (including phenoxy) is 1. The minimum Gasteiger partial charge on any atom is -0.494 e. The molecule has 0 bridgehead atoms. The third-order valence-electron chi connectivity index (χ3n) is 2.51. The van der Waals surface area contributed by atoms with Gasteiger partial charge in [0.05, 0.1) is 7.11 Å². The number of benzene rings is 1. The molecule has 1 aromatic rings. The van der Waals surface area contributed by atoms with Gasteiger partial charge in [-0.3, -0.25) is 0 Å². The first-order valence-electron chi connectivity index (χ1n) is 5.31. The van der Waals surface area contributed by atoms with Gasteiger partial charge in [0.1, 0.15) is 0 Å². The first-order valence-corrected chi connectivity index (χ1v) is 5.31. The van der Waals surface area contributed by atoms with E-state index in [9.17, 15) is 4.39 Å². The molecule has 15 heavy (non-hydrogen) atoms. The van der Waals surface area contributed by atoms with Gasteiger partial charge < -0.3 is 10.1 Å². The fourth-order valence-corrected chi connectivity index (χ4v) is 1.48. The maximum Gasteiger partial charge on any atom is 0.167 e. The highest BCUT2D eigenvalue weighted by atomic mass is 19.1. The van der Waals surface area contributed by atoms with Crippen molar-refractivity contribution >= 4 is 5.69 Å². The zero-order valence-corrected chi connectivity index (χ0v) is 9.51. The number of methoxy groups -OCH3 is 1. The first-order chi connectivity index (χ1) is 7.21. The molecule has 0 saturated carbocycles. The molecule has 1 aromatic carbocycles. The van der Waals surface area contributed by atoms with Crippen molar-refractivity contribution in [1.29, 1.82) is 0 Å². The highest BCUT2D eigenvalue weighted by molar-refractivity contribution is 5.47. The van der Waals surface area contributed by atoms with E-state index in [1.54, 1.807) is 6.07 Å². The lowest BCUT2D eigenvalue weighted by atomic mass is 10.1. The van der Waals surface area contributed by atoms with Crippen molar-refractivity contribution in [2.75, 3.05) is 12.4 Å². The molecular weight excluding hydrogens is 193 g/mol. The van der Waals surface area contributed by atoms with E-state index in [2.05, 4.69) is 19.2 Å². The summed E-state index contributed by atoms with van der Waals surface area (Å²) in [7, 11) is 1.46. The predicted molar refractivity (Wildman–Crippen MR) is 60.9 cm³/mol. The summed E-state index contributed by atoms with van der Waals surface area (Å²) in [6.07, 6.45) is 2.06. The monoisotopic (exact) mass is 211 g/mol. The lowest BCUT2D eigenvalue weighted by Crippen LogP contribution is -2.16. The van der Waals surface area contributed by atoms with E-state index < -0.39 is 0 Å². The van der Waals surface area contributed by atoms with Gasteiger partial charge in [-0.15, -0.1) is 0 Å². The van der Waals surface area contributed by atoms with Crippen LogP contribution in [0.15, 0.2) is 18.2 Å². The number of hydrogen-bond acceptors (Lipinski definition) is 2. The van der Waals surface area contributed by atoms with Gasteiger partial charge in [-0.25, -0.2) is 4.39 Å². The topological polar surface area (TPSA) is 21.3 Å². The van der Waals surface area contributed by atoms with Crippen LogP contribution in [0.5, 0.6) is 5.75 Å². The molecule has 0 aromatic heterocycles. The van der Waals surface area contributed by atoms with E-state index >= 15 is 0 Å². The molecule has 1 N–H and O–H groups in total. The molecule has 84 valence electrons. The van der Waals surface area contributed by atoms with Crippen LogP contribution in [0.25, 0.3) is 0 Å². The van der Waals surface area contributed by atoms with E-state index in [1.807, 2.05) is 6.07 Å². The summed E-state index contributed by atoms with van der Waals surface area (Å²) in [6, 6.07) is 5.34. The molecule has 0 aliphatic carbocycles. The third-order valence-corrected chi connectivity index (χ3v) is 2.51. The molecule has 0 atom stereocenters. The second-order valence-corrected chi connectivity index (χ2v) is 3.51. The summed E-state index contributed by atoms with van der Waals surface area (Å²) >= 11 is 0. The number of hydrogen-bond donors (Lipinski definition) is 1. The molecular formula is C12H18FNO. The first kappa shape index (κ1) is 11.8. The van der Waals surface area contributed by atoms with E-state index in [0.717, 1.165) is 18.5 Å². The van der Waals surface area contributed by atoms with Gasteiger partial charge in [0, 0.05) is 17.8 Å². The fourth-order valence-electron chi connectivity index (χ4n) is 1.48. The smallest absolute Gasteiger partial charge is 0.167 e. The van der Waals surface area contributed by atoms with Crippen molar-refractivity contribution in [2.45, 2.75) is 32.7 Å². The van der Waals surface area contributed by atoms with Crippen LogP contribution in [-0.2, 0) is 0 Å². The van der Waals surface area contributed by atoms with Crippen LogP contribution >= 0.6 is 0 Å². The summed E-state index contributed by atoms with van der Waals surface area (Å²) in [5.41, 5.74) is 0.807. The van der Waals surface area contributed by atoms with Gasteiger partial charge in [0.2, 0.25) is 0 Å². The molecule has 0 unspecified atom stereocenters. The summed E-state index contributed by atoms with van der Waals surface area (Å²) in [5.74, 6) is -0.0430. The van der Waals surface area contributed by atoms with E-state index in [0.29, 0.717) is 6.04 Å². The van der Waals surface area contributed by atoms with Crippen LogP contribution in [0, 0.1) is 5.82 Å². The van der Waals surface area contributed by atoms with Crippen molar-refractivity contribution in [3.05, 3.63) is 24.0 Å². The second kappa shape index (κ2) is 5.59. The predicted octanol–water partition coefficient (Wildman–Crippen LogP) is 3.43. The van der Waals surface area contributed by atoms with Crippen molar-refractivity contribution < 1.29 is 9.13 Å². The molecule has 0 aliphatic rings. The van der Waals surface area contributed by atoms with E-state index in [1.165, 1.54) is 13.2 Å². The van der Waals surface area contributed by atoms with E-state index in [-0.39, 0.29) is 11.6 Å². The number of rotatable bonds is 5. The van der Waals surface area contributed by atoms with Crippen molar-refractivity contribution in [2.24, 2.45) is 0 Å². The molecule has 2 nitrogen and oxygen atoms in total. The Labute approximate surface area is 90.4 Å².